The Morgan fingerprint density at radius 2 is 1.78 bits per heavy atom. The van der Waals surface area contributed by atoms with Crippen LogP contribution in [-0.4, -0.2) is 36.0 Å². The summed E-state index contributed by atoms with van der Waals surface area (Å²) in [5.74, 6) is -1.50. The molecule has 1 aliphatic carbocycles. The molecule has 27 heavy (non-hydrogen) atoms. The Balaban J connectivity index is 1.89. The van der Waals surface area contributed by atoms with Crippen LogP contribution in [0.3, 0.4) is 0 Å². The lowest BCUT2D eigenvalue weighted by molar-refractivity contribution is -0.157. The number of hydrogen-bond donors (Lipinski definition) is 2. The second kappa shape index (κ2) is 10.1. The Hall–Kier alpha value is -2.31. The lowest BCUT2D eigenvalue weighted by Gasteiger charge is -2.24. The third-order valence-electron chi connectivity index (χ3n) is 4.82. The minimum atomic E-state index is -0.914. The first kappa shape index (κ1) is 21.0. The molecule has 0 radical (unpaired) electrons. The molecule has 1 aliphatic rings. The Labute approximate surface area is 160 Å². The molecule has 150 valence electrons. The van der Waals surface area contributed by atoms with Crippen molar-refractivity contribution in [2.24, 2.45) is 5.92 Å². The summed E-state index contributed by atoms with van der Waals surface area (Å²) in [5, 5.41) is 5.59. The summed E-state index contributed by atoms with van der Waals surface area (Å²) in [7, 11) is 0. The minimum Gasteiger partial charge on any atom is -0.459 e. The van der Waals surface area contributed by atoms with Gasteiger partial charge in [0.2, 0.25) is 0 Å². The maximum Gasteiger partial charge on any atom is 0.329 e. The average Bonchev–Trinajstić information content (AvgIpc) is 3.04. The van der Waals surface area contributed by atoms with Crippen molar-refractivity contribution in [2.75, 3.05) is 0 Å². The van der Waals surface area contributed by atoms with E-state index in [0.29, 0.717) is 0 Å². The van der Waals surface area contributed by atoms with Gasteiger partial charge in [0.1, 0.15) is 6.04 Å². The van der Waals surface area contributed by atoms with Crippen molar-refractivity contribution in [3.63, 3.8) is 0 Å². The fourth-order valence-electron chi connectivity index (χ4n) is 3.16. The molecule has 0 aliphatic heterocycles. The standard InChI is InChI=1S/C20H30N2O5/c1-13(2)17(22-19(24)16-11-8-12-26-16)20(25)27-14(3)18(23)21-15-9-6-4-5-7-10-15/h8,11-15,17H,4-7,9-10H2,1-3H3,(H,21,23)(H,22,24)/t14-,17+/m1/s1. The van der Waals surface area contributed by atoms with Gasteiger partial charge < -0.3 is 19.8 Å². The van der Waals surface area contributed by atoms with Crippen molar-refractivity contribution in [1.82, 2.24) is 10.6 Å². The SMILES string of the molecule is CC(C)[C@H](NC(=O)c1ccco1)C(=O)O[C@H](C)C(=O)NC1CCCCCC1. The Kier molecular flexibility index (Phi) is 7.88. The van der Waals surface area contributed by atoms with Crippen molar-refractivity contribution in [3.8, 4) is 0 Å². The van der Waals surface area contributed by atoms with Crippen LogP contribution in [0.2, 0.25) is 0 Å². The maximum absolute atomic E-state index is 12.5. The van der Waals surface area contributed by atoms with Gasteiger partial charge in [0, 0.05) is 6.04 Å². The Bertz CT molecular complexity index is 618. The predicted octanol–water partition coefficient (Wildman–Crippen LogP) is 2.80. The molecule has 2 atom stereocenters. The summed E-state index contributed by atoms with van der Waals surface area (Å²) in [4.78, 5) is 37.0. The summed E-state index contributed by atoms with van der Waals surface area (Å²) in [6, 6.07) is 2.38. The fourth-order valence-corrected chi connectivity index (χ4v) is 3.16. The molecule has 1 aromatic rings. The van der Waals surface area contributed by atoms with Crippen molar-refractivity contribution < 1.29 is 23.5 Å². The highest BCUT2D eigenvalue weighted by molar-refractivity contribution is 5.95. The second-order valence-electron chi connectivity index (χ2n) is 7.45. The smallest absolute Gasteiger partial charge is 0.329 e. The van der Waals surface area contributed by atoms with Crippen molar-refractivity contribution in [3.05, 3.63) is 24.2 Å². The van der Waals surface area contributed by atoms with Gasteiger partial charge in [-0.1, -0.05) is 39.5 Å². The molecular formula is C20H30N2O5. The molecule has 1 heterocycles. The van der Waals surface area contributed by atoms with E-state index in [4.69, 9.17) is 9.15 Å². The molecule has 2 N–H and O–H groups in total. The zero-order chi connectivity index (χ0) is 19.8. The quantitative estimate of drug-likeness (QED) is 0.562. The van der Waals surface area contributed by atoms with Crippen LogP contribution < -0.4 is 10.6 Å². The molecule has 0 unspecified atom stereocenters. The zero-order valence-electron chi connectivity index (χ0n) is 16.3. The van der Waals surface area contributed by atoms with Crippen LogP contribution in [0, 0.1) is 5.92 Å². The topological polar surface area (TPSA) is 97.6 Å². The lowest BCUT2D eigenvalue weighted by atomic mass is 10.0. The largest absolute Gasteiger partial charge is 0.459 e. The van der Waals surface area contributed by atoms with Gasteiger partial charge >= 0.3 is 5.97 Å². The lowest BCUT2D eigenvalue weighted by Crippen LogP contribution is -2.48. The van der Waals surface area contributed by atoms with Gasteiger partial charge in [-0.25, -0.2) is 4.79 Å². The number of rotatable bonds is 7. The molecule has 7 heteroatoms. The Morgan fingerprint density at radius 3 is 2.33 bits per heavy atom. The summed E-state index contributed by atoms with van der Waals surface area (Å²) in [6.45, 7) is 5.14. The van der Waals surface area contributed by atoms with Gasteiger partial charge in [-0.3, -0.25) is 9.59 Å². The first-order chi connectivity index (χ1) is 12.9. The van der Waals surface area contributed by atoms with E-state index in [1.54, 1.807) is 26.8 Å². The van der Waals surface area contributed by atoms with Gasteiger partial charge in [-0.05, 0) is 37.8 Å². The molecule has 2 rings (SSSR count). The van der Waals surface area contributed by atoms with E-state index in [1.165, 1.54) is 25.2 Å². The van der Waals surface area contributed by atoms with Crippen LogP contribution in [0.1, 0.15) is 69.9 Å². The molecule has 7 nitrogen and oxygen atoms in total. The van der Waals surface area contributed by atoms with Crippen molar-refractivity contribution in [1.29, 1.82) is 0 Å². The number of amides is 2. The average molecular weight is 378 g/mol. The minimum absolute atomic E-state index is 0.118. The summed E-state index contributed by atoms with van der Waals surface area (Å²) >= 11 is 0. The van der Waals surface area contributed by atoms with Crippen LogP contribution in [0.25, 0.3) is 0 Å². The van der Waals surface area contributed by atoms with Crippen LogP contribution >= 0.6 is 0 Å². The number of ether oxygens (including phenoxy) is 1. The molecule has 0 spiro atoms. The molecule has 0 bridgehead atoms. The van der Waals surface area contributed by atoms with Gasteiger partial charge in [0.05, 0.1) is 6.26 Å². The van der Waals surface area contributed by atoms with Crippen LogP contribution in [-0.2, 0) is 14.3 Å². The van der Waals surface area contributed by atoms with Crippen molar-refractivity contribution in [2.45, 2.75) is 77.5 Å². The molecule has 0 saturated heterocycles. The van der Waals surface area contributed by atoms with Gasteiger partial charge in [0.15, 0.2) is 11.9 Å². The van der Waals surface area contributed by atoms with E-state index in [1.807, 2.05) is 0 Å². The fraction of sp³-hybridized carbons (Fsp3) is 0.650. The predicted molar refractivity (Wildman–Crippen MR) is 100.0 cm³/mol. The normalized spacial score (nSPS) is 17.6. The van der Waals surface area contributed by atoms with Crippen LogP contribution in [0.15, 0.2) is 22.8 Å². The number of nitrogens with one attached hydrogen (secondary N) is 2. The van der Waals surface area contributed by atoms with E-state index in [0.717, 1.165) is 25.7 Å². The molecule has 0 aromatic carbocycles. The molecular weight excluding hydrogens is 348 g/mol. The summed E-state index contributed by atoms with van der Waals surface area (Å²) < 4.78 is 10.4. The second-order valence-corrected chi connectivity index (χ2v) is 7.45. The van der Waals surface area contributed by atoms with E-state index in [-0.39, 0.29) is 23.6 Å². The van der Waals surface area contributed by atoms with E-state index in [2.05, 4.69) is 10.6 Å². The van der Waals surface area contributed by atoms with Gasteiger partial charge in [0.25, 0.3) is 11.8 Å². The molecule has 1 aromatic heterocycles. The van der Waals surface area contributed by atoms with E-state index in [9.17, 15) is 14.4 Å². The summed E-state index contributed by atoms with van der Waals surface area (Å²) in [5.41, 5.74) is 0. The zero-order valence-corrected chi connectivity index (χ0v) is 16.3. The number of carbonyl (C=O) groups is 3. The van der Waals surface area contributed by atoms with Gasteiger partial charge in [-0.15, -0.1) is 0 Å². The number of hydrogen-bond acceptors (Lipinski definition) is 5. The first-order valence-corrected chi connectivity index (χ1v) is 9.73. The monoisotopic (exact) mass is 378 g/mol. The molecule has 1 saturated carbocycles. The van der Waals surface area contributed by atoms with E-state index < -0.39 is 24.0 Å². The number of carbonyl (C=O) groups excluding carboxylic acids is 3. The number of furan rings is 1. The van der Waals surface area contributed by atoms with Gasteiger partial charge in [-0.2, -0.15) is 0 Å². The molecule has 1 fully saturated rings. The highest BCUT2D eigenvalue weighted by atomic mass is 16.5. The highest BCUT2D eigenvalue weighted by Crippen LogP contribution is 2.17. The Morgan fingerprint density at radius 1 is 1.11 bits per heavy atom. The summed E-state index contributed by atoms with van der Waals surface area (Å²) in [6.07, 6.45) is 6.99. The third kappa shape index (κ3) is 6.41. The van der Waals surface area contributed by atoms with Crippen LogP contribution in [0.5, 0.6) is 0 Å². The third-order valence-corrected chi connectivity index (χ3v) is 4.82. The first-order valence-electron chi connectivity index (χ1n) is 9.73. The van der Waals surface area contributed by atoms with E-state index >= 15 is 0 Å². The van der Waals surface area contributed by atoms with Crippen molar-refractivity contribution >= 4 is 17.8 Å². The maximum atomic E-state index is 12.5. The molecule has 2 amide bonds. The van der Waals surface area contributed by atoms with Crippen LogP contribution in [0.4, 0.5) is 0 Å². The number of esters is 1. The highest BCUT2D eigenvalue weighted by Gasteiger charge is 2.30.